The second-order valence-electron chi connectivity index (χ2n) is 8.92. The molecular formula is C29H28N4O5. The molecule has 0 bridgehead atoms. The maximum Gasteiger partial charge on any atom is 0.338 e. The number of benzene rings is 3. The number of carbonyl (C=O) groups excluding carboxylic acids is 3. The molecular weight excluding hydrogens is 484 g/mol. The first-order valence-electron chi connectivity index (χ1n) is 12.5. The first-order chi connectivity index (χ1) is 18.5. The van der Waals surface area contributed by atoms with Gasteiger partial charge in [0.1, 0.15) is 11.8 Å². The Morgan fingerprint density at radius 2 is 1.74 bits per heavy atom. The van der Waals surface area contributed by atoms with Crippen LogP contribution in [0, 0.1) is 0 Å². The lowest BCUT2D eigenvalue weighted by Gasteiger charge is -2.16. The summed E-state index contributed by atoms with van der Waals surface area (Å²) in [7, 11) is 1.62. The van der Waals surface area contributed by atoms with Crippen molar-refractivity contribution in [2.75, 3.05) is 30.5 Å². The van der Waals surface area contributed by atoms with Crippen LogP contribution < -0.4 is 15.0 Å². The number of amides is 2. The van der Waals surface area contributed by atoms with E-state index in [2.05, 4.69) is 5.32 Å². The summed E-state index contributed by atoms with van der Waals surface area (Å²) in [4.78, 5) is 44.9. The predicted octanol–water partition coefficient (Wildman–Crippen LogP) is 4.38. The molecule has 9 nitrogen and oxygen atoms in total. The predicted molar refractivity (Wildman–Crippen MR) is 143 cm³/mol. The van der Waals surface area contributed by atoms with Crippen molar-refractivity contribution in [1.29, 1.82) is 0 Å². The highest BCUT2D eigenvalue weighted by atomic mass is 16.5. The number of rotatable bonds is 9. The third-order valence-electron chi connectivity index (χ3n) is 6.52. The van der Waals surface area contributed by atoms with Crippen LogP contribution >= 0.6 is 0 Å². The Morgan fingerprint density at radius 3 is 2.45 bits per heavy atom. The fourth-order valence-electron chi connectivity index (χ4n) is 4.63. The maximum absolute atomic E-state index is 13.6. The molecule has 1 aliphatic rings. The number of nitrogens with one attached hydrogen (secondary N) is 1. The number of esters is 1. The van der Waals surface area contributed by atoms with Crippen molar-refractivity contribution in [1.82, 2.24) is 9.55 Å². The Bertz CT molecular complexity index is 1480. The number of anilines is 2. The average molecular weight is 513 g/mol. The molecule has 1 N–H and O–H groups in total. The zero-order valence-electron chi connectivity index (χ0n) is 21.2. The van der Waals surface area contributed by atoms with Gasteiger partial charge in [0.2, 0.25) is 11.9 Å². The van der Waals surface area contributed by atoms with E-state index in [-0.39, 0.29) is 24.8 Å². The van der Waals surface area contributed by atoms with Gasteiger partial charge in [-0.15, -0.1) is 0 Å². The molecule has 0 spiro atoms. The van der Waals surface area contributed by atoms with Gasteiger partial charge in [0.15, 0.2) is 0 Å². The maximum atomic E-state index is 13.6. The quantitative estimate of drug-likeness (QED) is 0.334. The number of hydrogen-bond donors (Lipinski definition) is 1. The van der Waals surface area contributed by atoms with Crippen molar-refractivity contribution >= 4 is 40.5 Å². The van der Waals surface area contributed by atoms with Gasteiger partial charge in [0, 0.05) is 12.2 Å². The number of fused-ring (bicyclic) bond motifs is 3. The molecule has 0 radical (unpaired) electrons. The second kappa shape index (κ2) is 10.8. The molecule has 5 rings (SSSR count). The molecule has 0 fully saturated rings. The summed E-state index contributed by atoms with van der Waals surface area (Å²) in [6, 6.07) is 21.1. The number of methoxy groups -OCH3 is 1. The highest BCUT2D eigenvalue weighted by Gasteiger charge is 2.40. The van der Waals surface area contributed by atoms with E-state index in [0.29, 0.717) is 30.2 Å². The average Bonchev–Trinajstić information content (AvgIpc) is 3.42. The molecule has 0 saturated carbocycles. The summed E-state index contributed by atoms with van der Waals surface area (Å²) in [6.45, 7) is 2.46. The van der Waals surface area contributed by atoms with Crippen molar-refractivity contribution in [3.63, 3.8) is 0 Å². The first kappa shape index (κ1) is 25.0. The van der Waals surface area contributed by atoms with E-state index in [9.17, 15) is 14.4 Å². The topological polar surface area (TPSA) is 103 Å². The van der Waals surface area contributed by atoms with Crippen LogP contribution in [0.5, 0.6) is 5.75 Å². The van der Waals surface area contributed by atoms with Crippen molar-refractivity contribution in [2.45, 2.75) is 25.8 Å². The van der Waals surface area contributed by atoms with Crippen molar-refractivity contribution < 1.29 is 23.9 Å². The lowest BCUT2D eigenvalue weighted by molar-refractivity contribution is -0.124. The molecule has 1 aliphatic heterocycles. The van der Waals surface area contributed by atoms with Crippen molar-refractivity contribution in [3.05, 3.63) is 83.9 Å². The number of para-hydroxylation sites is 2. The Labute approximate surface area is 220 Å². The number of carbonyl (C=O) groups is 3. The molecule has 9 heteroatoms. The number of ether oxygens (including phenoxy) is 2. The summed E-state index contributed by atoms with van der Waals surface area (Å²) < 4.78 is 12.1. The molecule has 2 amide bonds. The molecule has 1 aromatic heterocycles. The highest BCUT2D eigenvalue weighted by Crippen LogP contribution is 2.36. The van der Waals surface area contributed by atoms with E-state index < -0.39 is 12.0 Å². The zero-order valence-corrected chi connectivity index (χ0v) is 21.2. The van der Waals surface area contributed by atoms with Crippen LogP contribution in [0.2, 0.25) is 0 Å². The van der Waals surface area contributed by atoms with Crippen LogP contribution in [0.1, 0.15) is 35.3 Å². The van der Waals surface area contributed by atoms with Crippen LogP contribution in [-0.2, 0) is 20.7 Å². The van der Waals surface area contributed by atoms with Crippen LogP contribution in [0.25, 0.3) is 11.0 Å². The minimum Gasteiger partial charge on any atom is -0.497 e. The Kier molecular flexibility index (Phi) is 7.08. The molecule has 2 heterocycles. The van der Waals surface area contributed by atoms with E-state index in [0.717, 1.165) is 22.3 Å². The van der Waals surface area contributed by atoms with E-state index in [1.807, 2.05) is 53.1 Å². The SMILES string of the molecule is CCOC(=O)c1ccc(NC(=O)C[C@@H]2C(=O)N(CCc3ccc(OC)cc3)c3nc4ccccc4n32)cc1. The number of imidazole rings is 1. The molecule has 0 saturated heterocycles. The number of hydrogen-bond acceptors (Lipinski definition) is 6. The van der Waals surface area contributed by atoms with Crippen LogP contribution in [0.3, 0.4) is 0 Å². The van der Waals surface area contributed by atoms with Crippen molar-refractivity contribution in [2.24, 2.45) is 0 Å². The second-order valence-corrected chi connectivity index (χ2v) is 8.92. The summed E-state index contributed by atoms with van der Waals surface area (Å²) in [5.74, 6) is 0.416. The molecule has 38 heavy (non-hydrogen) atoms. The van der Waals surface area contributed by atoms with Gasteiger partial charge in [-0.05, 0) is 67.4 Å². The van der Waals surface area contributed by atoms with Gasteiger partial charge in [0.05, 0.1) is 36.7 Å². The van der Waals surface area contributed by atoms with Crippen LogP contribution in [-0.4, -0.2) is 47.6 Å². The fourth-order valence-corrected chi connectivity index (χ4v) is 4.63. The van der Waals surface area contributed by atoms with Gasteiger partial charge in [-0.1, -0.05) is 24.3 Å². The summed E-state index contributed by atoms with van der Waals surface area (Å²) in [5, 5.41) is 2.83. The third-order valence-corrected chi connectivity index (χ3v) is 6.52. The van der Waals surface area contributed by atoms with Gasteiger partial charge >= 0.3 is 5.97 Å². The standard InChI is InChI=1S/C29H28N4O5/c1-3-38-28(36)20-10-12-21(13-11-20)30-26(34)18-25-27(35)32(17-16-19-8-14-22(37-2)15-9-19)29-31-23-6-4-5-7-24(23)33(25)29/h4-15,25H,3,16-18H2,1-2H3,(H,30,34)/t25-/m1/s1. The van der Waals surface area contributed by atoms with Gasteiger partial charge in [-0.3, -0.25) is 19.1 Å². The van der Waals surface area contributed by atoms with Crippen LogP contribution in [0.15, 0.2) is 72.8 Å². The Hall–Kier alpha value is -4.66. The highest BCUT2D eigenvalue weighted by molar-refractivity contribution is 6.05. The van der Waals surface area contributed by atoms with E-state index in [1.54, 1.807) is 43.2 Å². The monoisotopic (exact) mass is 512 g/mol. The summed E-state index contributed by atoms with van der Waals surface area (Å²) in [6.07, 6.45) is 0.579. The molecule has 3 aromatic carbocycles. The van der Waals surface area contributed by atoms with Gasteiger partial charge < -0.3 is 14.8 Å². The fraction of sp³-hybridized carbons (Fsp3) is 0.241. The third kappa shape index (κ3) is 4.95. The number of nitrogens with zero attached hydrogens (tertiary/aromatic N) is 3. The minimum absolute atomic E-state index is 0.0507. The van der Waals surface area contributed by atoms with Gasteiger partial charge in [-0.25, -0.2) is 9.78 Å². The van der Waals surface area contributed by atoms with Gasteiger partial charge in [-0.2, -0.15) is 0 Å². The Balaban J connectivity index is 1.33. The van der Waals surface area contributed by atoms with E-state index in [1.165, 1.54) is 0 Å². The first-order valence-corrected chi connectivity index (χ1v) is 12.5. The van der Waals surface area contributed by atoms with Crippen LogP contribution in [0.4, 0.5) is 11.6 Å². The number of aromatic nitrogens is 2. The zero-order chi connectivity index (χ0) is 26.6. The van der Waals surface area contributed by atoms with Gasteiger partial charge in [0.25, 0.3) is 5.91 Å². The normalized spacial score (nSPS) is 14.4. The lowest BCUT2D eigenvalue weighted by Crippen LogP contribution is -2.33. The molecule has 194 valence electrons. The summed E-state index contributed by atoms with van der Waals surface area (Å²) in [5.41, 5.74) is 3.57. The molecule has 0 aliphatic carbocycles. The van der Waals surface area contributed by atoms with E-state index in [4.69, 9.17) is 14.5 Å². The largest absolute Gasteiger partial charge is 0.497 e. The lowest BCUT2D eigenvalue weighted by atomic mass is 10.1. The Morgan fingerprint density at radius 1 is 1.00 bits per heavy atom. The molecule has 0 unspecified atom stereocenters. The summed E-state index contributed by atoms with van der Waals surface area (Å²) >= 11 is 0. The molecule has 4 aromatic rings. The smallest absolute Gasteiger partial charge is 0.338 e. The minimum atomic E-state index is -0.716. The van der Waals surface area contributed by atoms with E-state index >= 15 is 0 Å². The molecule has 1 atom stereocenters. The van der Waals surface area contributed by atoms with Crippen molar-refractivity contribution in [3.8, 4) is 5.75 Å².